The maximum Gasteiger partial charge on any atom is 0.0406 e. The fourth-order valence-electron chi connectivity index (χ4n) is 1.64. The molecule has 0 aliphatic heterocycles. The third-order valence-corrected chi connectivity index (χ3v) is 3.50. The van der Waals surface area contributed by atoms with E-state index >= 15 is 0 Å². The van der Waals surface area contributed by atoms with Crippen LogP contribution in [0, 0.1) is 0 Å². The fourth-order valence-corrected chi connectivity index (χ4v) is 3.02. The number of hydrogen-bond acceptors (Lipinski definition) is 2. The van der Waals surface area contributed by atoms with Crippen LogP contribution in [-0.2, 0) is 0 Å². The van der Waals surface area contributed by atoms with Crippen molar-refractivity contribution in [1.29, 1.82) is 0 Å². The maximum absolute atomic E-state index is 5.84. The summed E-state index contributed by atoms with van der Waals surface area (Å²) in [6.07, 6.45) is 1.00. The van der Waals surface area contributed by atoms with Crippen molar-refractivity contribution in [2.75, 3.05) is 0 Å². The van der Waals surface area contributed by atoms with E-state index < -0.39 is 0 Å². The second-order valence-corrected chi connectivity index (χ2v) is 6.71. The van der Waals surface area contributed by atoms with Crippen molar-refractivity contribution in [3.63, 3.8) is 0 Å². The first-order chi connectivity index (χ1) is 6.89. The smallest absolute Gasteiger partial charge is 0.0406 e. The molecule has 1 aromatic carbocycles. The average molecular weight is 244 g/mol. The first-order valence-electron chi connectivity index (χ1n) is 5.09. The van der Waals surface area contributed by atoms with E-state index in [2.05, 4.69) is 26.0 Å². The van der Waals surface area contributed by atoms with Crippen LogP contribution in [-0.4, -0.2) is 10.8 Å². The Balaban J connectivity index is 2.64. The number of thioether (sulfide) groups is 1. The molecule has 1 atom stereocenters. The highest BCUT2D eigenvalue weighted by atomic mass is 35.5. The van der Waals surface area contributed by atoms with Gasteiger partial charge in [0.15, 0.2) is 0 Å². The zero-order valence-corrected chi connectivity index (χ0v) is 11.0. The quantitative estimate of drug-likeness (QED) is 0.811. The third kappa shape index (κ3) is 4.92. The lowest BCUT2D eigenvalue weighted by atomic mass is 10.1. The molecule has 3 heteroatoms. The van der Waals surface area contributed by atoms with Gasteiger partial charge >= 0.3 is 0 Å². The minimum absolute atomic E-state index is 0.169. The molecule has 0 bridgehead atoms. The molecule has 0 amide bonds. The number of hydrogen-bond donors (Lipinski definition) is 1. The molecule has 15 heavy (non-hydrogen) atoms. The fraction of sp³-hybridized carbons (Fsp3) is 0.500. The van der Waals surface area contributed by atoms with Crippen molar-refractivity contribution in [3.05, 3.63) is 29.3 Å². The molecule has 2 N–H and O–H groups in total. The van der Waals surface area contributed by atoms with Crippen LogP contribution >= 0.6 is 23.4 Å². The molecule has 0 spiro atoms. The Morgan fingerprint density at radius 1 is 1.33 bits per heavy atom. The molecule has 0 aromatic heterocycles. The summed E-state index contributed by atoms with van der Waals surface area (Å²) in [6.45, 7) is 6.48. The summed E-state index contributed by atoms with van der Waals surface area (Å²) in [4.78, 5) is 1.24. The molecule has 0 heterocycles. The highest BCUT2D eigenvalue weighted by molar-refractivity contribution is 8.00. The van der Waals surface area contributed by atoms with E-state index in [-0.39, 0.29) is 10.8 Å². The first kappa shape index (κ1) is 12.9. The van der Waals surface area contributed by atoms with Crippen molar-refractivity contribution in [3.8, 4) is 0 Å². The molecule has 1 aromatic rings. The van der Waals surface area contributed by atoms with Crippen molar-refractivity contribution >= 4 is 23.4 Å². The predicted octanol–water partition coefficient (Wildman–Crippen LogP) is 3.95. The van der Waals surface area contributed by atoms with E-state index in [1.165, 1.54) is 4.90 Å². The highest BCUT2D eigenvalue weighted by Crippen LogP contribution is 2.35. The van der Waals surface area contributed by atoms with Crippen molar-refractivity contribution < 1.29 is 0 Å². The summed E-state index contributed by atoms with van der Waals surface area (Å²) in [5.41, 5.74) is 5.82. The molecule has 0 saturated carbocycles. The Labute approximate surface area is 101 Å². The number of benzene rings is 1. The van der Waals surface area contributed by atoms with Crippen LogP contribution in [0.2, 0.25) is 5.02 Å². The molecule has 0 fully saturated rings. The van der Waals surface area contributed by atoms with Crippen LogP contribution in [0.5, 0.6) is 0 Å². The number of halogens is 1. The standard InChI is InChI=1S/C12H18ClNS/c1-9(14)8-12(2,3)15-11-6-4-10(13)5-7-11/h4-7,9H,8,14H2,1-3H3. The lowest BCUT2D eigenvalue weighted by Gasteiger charge is -2.25. The highest BCUT2D eigenvalue weighted by Gasteiger charge is 2.20. The molecular weight excluding hydrogens is 226 g/mol. The van der Waals surface area contributed by atoms with E-state index in [1.54, 1.807) is 0 Å². The number of nitrogens with two attached hydrogens (primary N) is 1. The average Bonchev–Trinajstić information content (AvgIpc) is 2.06. The van der Waals surface area contributed by atoms with Gasteiger partial charge in [-0.15, -0.1) is 11.8 Å². The van der Waals surface area contributed by atoms with E-state index in [4.69, 9.17) is 17.3 Å². The largest absolute Gasteiger partial charge is 0.328 e. The second-order valence-electron chi connectivity index (χ2n) is 4.50. The van der Waals surface area contributed by atoms with Crippen molar-refractivity contribution in [2.24, 2.45) is 5.73 Å². The van der Waals surface area contributed by atoms with Gasteiger partial charge in [-0.05, 0) is 37.6 Å². The van der Waals surface area contributed by atoms with Crippen LogP contribution in [0.4, 0.5) is 0 Å². The minimum Gasteiger partial charge on any atom is -0.328 e. The van der Waals surface area contributed by atoms with Gasteiger partial charge in [-0.1, -0.05) is 25.4 Å². The molecule has 1 nitrogen and oxygen atoms in total. The van der Waals surface area contributed by atoms with Crippen LogP contribution in [0.3, 0.4) is 0 Å². The van der Waals surface area contributed by atoms with Gasteiger partial charge < -0.3 is 5.73 Å². The zero-order chi connectivity index (χ0) is 11.5. The maximum atomic E-state index is 5.84. The summed E-state index contributed by atoms with van der Waals surface area (Å²) >= 11 is 7.68. The van der Waals surface area contributed by atoms with Crippen LogP contribution in [0.1, 0.15) is 27.2 Å². The summed E-state index contributed by atoms with van der Waals surface area (Å²) in [5.74, 6) is 0. The molecule has 1 rings (SSSR count). The van der Waals surface area contributed by atoms with Crippen LogP contribution in [0.15, 0.2) is 29.2 Å². The van der Waals surface area contributed by atoms with Gasteiger partial charge in [0, 0.05) is 20.7 Å². The molecule has 0 aliphatic carbocycles. The van der Waals surface area contributed by atoms with E-state index in [0.717, 1.165) is 11.4 Å². The molecular formula is C12H18ClNS. The predicted molar refractivity (Wildman–Crippen MR) is 69.7 cm³/mol. The number of rotatable bonds is 4. The van der Waals surface area contributed by atoms with Crippen LogP contribution in [0.25, 0.3) is 0 Å². The van der Waals surface area contributed by atoms with Gasteiger partial charge in [0.2, 0.25) is 0 Å². The summed E-state index contributed by atoms with van der Waals surface area (Å²) in [5, 5.41) is 0.782. The second kappa shape index (κ2) is 5.24. The van der Waals surface area contributed by atoms with Gasteiger partial charge in [-0.2, -0.15) is 0 Å². The van der Waals surface area contributed by atoms with Gasteiger partial charge in [0.1, 0.15) is 0 Å². The van der Waals surface area contributed by atoms with Gasteiger partial charge in [0.05, 0.1) is 0 Å². The first-order valence-corrected chi connectivity index (χ1v) is 6.29. The Hall–Kier alpha value is -0.180. The van der Waals surface area contributed by atoms with E-state index in [0.29, 0.717) is 0 Å². The Morgan fingerprint density at radius 2 is 1.87 bits per heavy atom. The van der Waals surface area contributed by atoms with Gasteiger partial charge in [0.25, 0.3) is 0 Å². The lowest BCUT2D eigenvalue weighted by Crippen LogP contribution is -2.27. The normalized spacial score (nSPS) is 13.9. The lowest BCUT2D eigenvalue weighted by molar-refractivity contribution is 0.560. The summed E-state index contributed by atoms with van der Waals surface area (Å²) < 4.78 is 0.169. The zero-order valence-electron chi connectivity index (χ0n) is 9.46. The summed E-state index contributed by atoms with van der Waals surface area (Å²) in [6, 6.07) is 8.18. The Bertz CT molecular complexity index is 306. The SMILES string of the molecule is CC(N)CC(C)(C)Sc1ccc(Cl)cc1. The summed E-state index contributed by atoms with van der Waals surface area (Å²) in [7, 11) is 0. The van der Waals surface area contributed by atoms with Gasteiger partial charge in [-0.25, -0.2) is 0 Å². The van der Waals surface area contributed by atoms with Crippen molar-refractivity contribution in [1.82, 2.24) is 0 Å². The minimum atomic E-state index is 0.169. The van der Waals surface area contributed by atoms with Gasteiger partial charge in [-0.3, -0.25) is 0 Å². The topological polar surface area (TPSA) is 26.0 Å². The molecule has 84 valence electrons. The van der Waals surface area contributed by atoms with Crippen molar-refractivity contribution in [2.45, 2.75) is 42.9 Å². The van der Waals surface area contributed by atoms with E-state index in [1.807, 2.05) is 30.8 Å². The Kier molecular flexibility index (Phi) is 4.50. The molecule has 0 aliphatic rings. The van der Waals surface area contributed by atoms with E-state index in [9.17, 15) is 0 Å². The molecule has 1 unspecified atom stereocenters. The molecule has 0 radical (unpaired) electrons. The monoisotopic (exact) mass is 243 g/mol. The third-order valence-electron chi connectivity index (χ3n) is 2.02. The van der Waals surface area contributed by atoms with Crippen LogP contribution < -0.4 is 5.73 Å². The molecule has 0 saturated heterocycles. The Morgan fingerprint density at radius 3 is 2.33 bits per heavy atom.